The lowest BCUT2D eigenvalue weighted by Crippen LogP contribution is -2.23. The molecule has 0 unspecified atom stereocenters. The van der Waals surface area contributed by atoms with Crippen LogP contribution in [0.5, 0.6) is 11.5 Å². The summed E-state index contributed by atoms with van der Waals surface area (Å²) in [5.41, 5.74) is 2.17. The number of aromatic nitrogens is 2. The molecule has 0 bridgehead atoms. The number of rotatable bonds is 8. The molecule has 1 fully saturated rings. The molecule has 0 amide bonds. The third-order valence-corrected chi connectivity index (χ3v) is 7.60. The minimum atomic E-state index is -0.535. The van der Waals surface area contributed by atoms with Crippen LogP contribution >= 0.6 is 23.5 Å². The van der Waals surface area contributed by atoms with Gasteiger partial charge in [-0.3, -0.25) is 0 Å². The largest absolute Gasteiger partial charge is 0.454 e. The van der Waals surface area contributed by atoms with Crippen LogP contribution in [-0.2, 0) is 0 Å². The van der Waals surface area contributed by atoms with Crippen LogP contribution in [0.4, 0.5) is 16.0 Å². The van der Waals surface area contributed by atoms with E-state index in [0.29, 0.717) is 45.3 Å². The molecule has 0 saturated heterocycles. The highest BCUT2D eigenvalue weighted by Gasteiger charge is 2.17. The number of hydrogen-bond acceptors (Lipinski definition) is 7. The van der Waals surface area contributed by atoms with Gasteiger partial charge < -0.3 is 14.8 Å². The molecular formula is C29H25ClFN5OS. The number of anilines is 2. The first-order valence-corrected chi connectivity index (χ1v) is 13.6. The molecule has 3 aromatic carbocycles. The molecule has 1 aromatic heterocycles. The molecule has 1 aliphatic rings. The number of nitrogens with zero attached hydrogens (tertiary/aromatic N) is 3. The van der Waals surface area contributed by atoms with E-state index in [1.54, 1.807) is 48.7 Å². The minimum Gasteiger partial charge on any atom is -0.454 e. The molecule has 2 N–H and O–H groups in total. The smallest absolute Gasteiger partial charge is 0.223 e. The van der Waals surface area contributed by atoms with Crippen LogP contribution in [-0.4, -0.2) is 16.0 Å². The van der Waals surface area contributed by atoms with Gasteiger partial charge in [-0.25, -0.2) is 14.4 Å². The predicted octanol–water partition coefficient (Wildman–Crippen LogP) is 8.46. The first kappa shape index (κ1) is 25.8. The normalized spacial score (nSPS) is 13.5. The van der Waals surface area contributed by atoms with Crippen molar-refractivity contribution in [2.24, 2.45) is 0 Å². The average Bonchev–Trinajstić information content (AvgIpc) is 2.95. The molecule has 0 atom stereocenters. The first-order chi connectivity index (χ1) is 18.6. The van der Waals surface area contributed by atoms with Crippen LogP contribution in [0.3, 0.4) is 0 Å². The summed E-state index contributed by atoms with van der Waals surface area (Å²) < 4.78 is 24.2. The van der Waals surface area contributed by atoms with Gasteiger partial charge >= 0.3 is 0 Å². The van der Waals surface area contributed by atoms with E-state index in [-0.39, 0.29) is 5.75 Å². The van der Waals surface area contributed by atoms with Crippen molar-refractivity contribution in [1.29, 1.82) is 5.26 Å². The summed E-state index contributed by atoms with van der Waals surface area (Å²) in [5, 5.41) is 13.5. The van der Waals surface area contributed by atoms with E-state index in [9.17, 15) is 5.26 Å². The lowest BCUT2D eigenvalue weighted by atomic mass is 9.96. The predicted molar refractivity (Wildman–Crippen MR) is 150 cm³/mol. The summed E-state index contributed by atoms with van der Waals surface area (Å²) in [6, 6.07) is 21.3. The fourth-order valence-electron chi connectivity index (χ4n) is 4.30. The highest BCUT2D eigenvalue weighted by atomic mass is 35.5. The second-order valence-electron chi connectivity index (χ2n) is 8.95. The molecule has 38 heavy (non-hydrogen) atoms. The van der Waals surface area contributed by atoms with Crippen molar-refractivity contribution in [3.05, 3.63) is 89.3 Å². The average molecular weight is 546 g/mol. The quantitative estimate of drug-likeness (QED) is 0.215. The molecule has 0 spiro atoms. The van der Waals surface area contributed by atoms with Crippen molar-refractivity contribution in [3.63, 3.8) is 0 Å². The summed E-state index contributed by atoms with van der Waals surface area (Å²) in [4.78, 5) is 9.89. The van der Waals surface area contributed by atoms with Crippen LogP contribution in [0.2, 0.25) is 5.02 Å². The van der Waals surface area contributed by atoms with Crippen molar-refractivity contribution in [3.8, 4) is 28.8 Å². The van der Waals surface area contributed by atoms with Gasteiger partial charge in [-0.2, -0.15) is 5.26 Å². The van der Waals surface area contributed by atoms with Gasteiger partial charge in [0.25, 0.3) is 0 Å². The Morgan fingerprint density at radius 2 is 1.82 bits per heavy atom. The van der Waals surface area contributed by atoms with Gasteiger partial charge in [0.05, 0.1) is 22.3 Å². The number of halogens is 2. The van der Waals surface area contributed by atoms with Crippen molar-refractivity contribution in [2.75, 3.05) is 10.0 Å². The van der Waals surface area contributed by atoms with Crippen molar-refractivity contribution in [1.82, 2.24) is 9.97 Å². The van der Waals surface area contributed by atoms with Crippen molar-refractivity contribution >= 4 is 35.2 Å². The van der Waals surface area contributed by atoms with Crippen LogP contribution in [0, 0.1) is 17.1 Å². The molecule has 5 rings (SSSR count). The van der Waals surface area contributed by atoms with Crippen molar-refractivity contribution < 1.29 is 9.13 Å². The maximum atomic E-state index is 15.1. The Bertz CT molecular complexity index is 1470. The van der Waals surface area contributed by atoms with Gasteiger partial charge in [-0.05, 0) is 73.3 Å². The van der Waals surface area contributed by atoms with Gasteiger partial charge in [0.15, 0.2) is 11.6 Å². The SMILES string of the molecule is N#Cc1ccc(Oc2ccc(NSc3ccccc3Cl)cc2F)c(-c2ccnc(NC3CCCCC3)n2)c1. The van der Waals surface area contributed by atoms with Gasteiger partial charge in [-0.1, -0.05) is 43.0 Å². The van der Waals surface area contributed by atoms with Gasteiger partial charge in [-0.15, -0.1) is 0 Å². The molecule has 1 heterocycles. The number of hydrogen-bond donors (Lipinski definition) is 2. The van der Waals surface area contributed by atoms with Crippen LogP contribution in [0.1, 0.15) is 37.7 Å². The fourth-order valence-corrected chi connectivity index (χ4v) is 5.22. The lowest BCUT2D eigenvalue weighted by molar-refractivity contribution is 0.444. The standard InChI is InChI=1S/C29H25ClFN5OS/c30-23-8-4-5-9-28(23)38-36-21-11-13-27(24(31)17-21)37-26-12-10-19(18-32)16-22(26)25-14-15-33-29(35-25)34-20-6-2-1-3-7-20/h4-5,8-17,20,36H,1-3,6-7H2,(H,33,34,35). The third kappa shape index (κ3) is 6.36. The Labute approximate surface area is 230 Å². The Morgan fingerprint density at radius 3 is 2.61 bits per heavy atom. The third-order valence-electron chi connectivity index (χ3n) is 6.25. The Kier molecular flexibility index (Phi) is 8.27. The number of ether oxygens (including phenoxy) is 1. The summed E-state index contributed by atoms with van der Waals surface area (Å²) in [6.07, 6.45) is 7.50. The van der Waals surface area contributed by atoms with Crippen LogP contribution in [0.25, 0.3) is 11.3 Å². The maximum absolute atomic E-state index is 15.1. The van der Waals surface area contributed by atoms with E-state index in [4.69, 9.17) is 16.3 Å². The molecule has 9 heteroatoms. The lowest BCUT2D eigenvalue weighted by Gasteiger charge is -2.22. The fraction of sp³-hybridized carbons (Fsp3) is 0.207. The van der Waals surface area contributed by atoms with Gasteiger partial charge in [0.1, 0.15) is 5.75 Å². The molecule has 4 aromatic rings. The second-order valence-corrected chi connectivity index (χ2v) is 10.2. The highest BCUT2D eigenvalue weighted by molar-refractivity contribution is 8.00. The zero-order chi connectivity index (χ0) is 26.3. The summed E-state index contributed by atoms with van der Waals surface area (Å²) >= 11 is 7.49. The van der Waals surface area contributed by atoms with Gasteiger partial charge in [0.2, 0.25) is 5.95 Å². The Balaban J connectivity index is 1.36. The minimum absolute atomic E-state index is 0.0545. The molecule has 192 valence electrons. The van der Waals surface area contributed by atoms with Gasteiger partial charge in [0, 0.05) is 34.5 Å². The molecule has 1 aliphatic carbocycles. The molecular weight excluding hydrogens is 521 g/mol. The van der Waals surface area contributed by atoms with E-state index in [2.05, 4.69) is 26.1 Å². The van der Waals surface area contributed by atoms with Crippen LogP contribution in [0.15, 0.2) is 77.8 Å². The second kappa shape index (κ2) is 12.2. The zero-order valence-corrected chi connectivity index (χ0v) is 22.0. The van der Waals surface area contributed by atoms with E-state index < -0.39 is 5.82 Å². The topological polar surface area (TPSA) is 82.9 Å². The molecule has 1 saturated carbocycles. The maximum Gasteiger partial charge on any atom is 0.223 e. The first-order valence-electron chi connectivity index (χ1n) is 12.4. The van der Waals surface area contributed by atoms with E-state index in [1.165, 1.54) is 37.3 Å². The van der Waals surface area contributed by atoms with Crippen molar-refractivity contribution in [2.45, 2.75) is 43.0 Å². The Hall–Kier alpha value is -3.80. The zero-order valence-electron chi connectivity index (χ0n) is 20.5. The Morgan fingerprint density at radius 1 is 1.00 bits per heavy atom. The monoisotopic (exact) mass is 545 g/mol. The summed E-state index contributed by atoms with van der Waals surface area (Å²) in [5.74, 6) is 0.433. The molecule has 6 nitrogen and oxygen atoms in total. The summed E-state index contributed by atoms with van der Waals surface area (Å²) in [6.45, 7) is 0. The van der Waals surface area contributed by atoms with E-state index in [0.717, 1.165) is 17.7 Å². The number of benzene rings is 3. The van der Waals surface area contributed by atoms with E-state index in [1.807, 2.05) is 18.2 Å². The van der Waals surface area contributed by atoms with Crippen LogP contribution < -0.4 is 14.8 Å². The number of nitriles is 1. The highest BCUT2D eigenvalue weighted by Crippen LogP contribution is 2.36. The summed E-state index contributed by atoms with van der Waals surface area (Å²) in [7, 11) is 0. The number of nitrogens with one attached hydrogen (secondary N) is 2. The van der Waals surface area contributed by atoms with E-state index >= 15 is 4.39 Å². The molecule has 0 radical (unpaired) electrons. The molecule has 0 aliphatic heterocycles.